The molecule has 4 heteroatoms. The van der Waals surface area contributed by atoms with Gasteiger partial charge in [0.05, 0.1) is 5.56 Å². The van der Waals surface area contributed by atoms with E-state index in [4.69, 9.17) is 9.15 Å². The molecule has 0 aliphatic heterocycles. The summed E-state index contributed by atoms with van der Waals surface area (Å²) in [5.41, 5.74) is 3.28. The molecule has 0 amide bonds. The molecular weight excluding hydrogens is 254 g/mol. The van der Waals surface area contributed by atoms with Gasteiger partial charge < -0.3 is 9.15 Å². The van der Waals surface area contributed by atoms with Crippen molar-refractivity contribution in [1.29, 1.82) is 0 Å². The summed E-state index contributed by atoms with van der Waals surface area (Å²) in [6.45, 7) is 3.37. The first-order valence-electron chi connectivity index (χ1n) is 6.28. The largest absolute Gasteiger partial charge is 0.436 e. The summed E-state index contributed by atoms with van der Waals surface area (Å²) in [4.78, 5) is 15.6. The summed E-state index contributed by atoms with van der Waals surface area (Å²) in [6, 6.07) is 13.0. The number of aromatic nitrogens is 1. The van der Waals surface area contributed by atoms with Crippen LogP contribution in [0, 0.1) is 6.92 Å². The highest BCUT2D eigenvalue weighted by atomic mass is 16.5. The lowest BCUT2D eigenvalue weighted by Crippen LogP contribution is -2.02. The van der Waals surface area contributed by atoms with Crippen molar-refractivity contribution in [3.05, 3.63) is 48.0 Å². The second kappa shape index (κ2) is 4.81. The Labute approximate surface area is 116 Å². The van der Waals surface area contributed by atoms with Gasteiger partial charge in [-0.05, 0) is 36.8 Å². The molecule has 1 heterocycles. The lowest BCUT2D eigenvalue weighted by atomic mass is 10.2. The second-order valence-electron chi connectivity index (χ2n) is 4.58. The predicted octanol–water partition coefficient (Wildman–Crippen LogP) is 3.73. The Morgan fingerprint density at radius 2 is 2.00 bits per heavy atom. The van der Waals surface area contributed by atoms with E-state index in [1.54, 1.807) is 12.1 Å². The van der Waals surface area contributed by atoms with Crippen LogP contribution in [-0.4, -0.2) is 11.0 Å². The molecule has 3 aromatic rings. The Balaban J connectivity index is 2.13. The maximum absolute atomic E-state index is 11.1. The highest BCUT2D eigenvalue weighted by Crippen LogP contribution is 2.31. The summed E-state index contributed by atoms with van der Waals surface area (Å²) >= 11 is 0. The zero-order valence-corrected chi connectivity index (χ0v) is 11.2. The van der Waals surface area contributed by atoms with Crippen molar-refractivity contribution in [3.8, 4) is 17.2 Å². The molecule has 0 fully saturated rings. The van der Waals surface area contributed by atoms with Crippen molar-refractivity contribution >= 4 is 17.1 Å². The Hall–Kier alpha value is -2.62. The maximum atomic E-state index is 11.1. The highest BCUT2D eigenvalue weighted by Gasteiger charge is 2.14. The zero-order chi connectivity index (χ0) is 14.1. The van der Waals surface area contributed by atoms with Crippen LogP contribution >= 0.6 is 0 Å². The van der Waals surface area contributed by atoms with Crippen LogP contribution in [0.15, 0.2) is 46.9 Å². The van der Waals surface area contributed by atoms with Gasteiger partial charge >= 0.3 is 5.97 Å². The molecule has 0 saturated carbocycles. The predicted molar refractivity (Wildman–Crippen MR) is 75.5 cm³/mol. The molecule has 3 rings (SSSR count). The molecule has 0 unspecified atom stereocenters. The summed E-state index contributed by atoms with van der Waals surface area (Å²) in [5, 5.41) is 0. The number of nitrogens with zero attached hydrogens (tertiary/aromatic N) is 1. The number of carbonyl (C=O) groups excluding carboxylic acids is 1. The molecule has 20 heavy (non-hydrogen) atoms. The number of oxazole rings is 1. The van der Waals surface area contributed by atoms with Gasteiger partial charge in [-0.1, -0.05) is 18.2 Å². The first-order valence-corrected chi connectivity index (χ1v) is 6.28. The Morgan fingerprint density at radius 1 is 1.20 bits per heavy atom. The normalized spacial score (nSPS) is 10.7. The fourth-order valence-electron chi connectivity index (χ4n) is 2.04. The average Bonchev–Trinajstić information content (AvgIpc) is 2.81. The van der Waals surface area contributed by atoms with E-state index in [1.165, 1.54) is 6.92 Å². The Kier molecular flexibility index (Phi) is 2.99. The molecule has 0 aliphatic rings. The van der Waals surface area contributed by atoms with E-state index in [0.717, 1.165) is 11.1 Å². The van der Waals surface area contributed by atoms with Crippen LogP contribution in [0.1, 0.15) is 12.5 Å². The number of hydrogen-bond acceptors (Lipinski definition) is 4. The number of ether oxygens (including phenoxy) is 1. The smallest absolute Gasteiger partial charge is 0.308 e. The number of benzene rings is 2. The molecule has 0 radical (unpaired) electrons. The van der Waals surface area contributed by atoms with Crippen LogP contribution in [0.5, 0.6) is 5.75 Å². The van der Waals surface area contributed by atoms with Gasteiger partial charge in [0.25, 0.3) is 0 Å². The highest BCUT2D eigenvalue weighted by molar-refractivity contribution is 5.79. The average molecular weight is 267 g/mol. The first-order chi connectivity index (χ1) is 9.63. The molecule has 2 aromatic carbocycles. The van der Waals surface area contributed by atoms with Crippen molar-refractivity contribution < 1.29 is 13.9 Å². The molecule has 0 atom stereocenters. The van der Waals surface area contributed by atoms with E-state index in [1.807, 2.05) is 37.3 Å². The third-order valence-corrected chi connectivity index (χ3v) is 2.91. The van der Waals surface area contributed by atoms with E-state index in [9.17, 15) is 4.79 Å². The van der Waals surface area contributed by atoms with Gasteiger partial charge in [0, 0.05) is 6.92 Å². The molecule has 4 nitrogen and oxygen atoms in total. The molecule has 0 saturated heterocycles. The minimum atomic E-state index is -0.371. The van der Waals surface area contributed by atoms with Gasteiger partial charge in [-0.15, -0.1) is 0 Å². The van der Waals surface area contributed by atoms with Gasteiger partial charge in [-0.25, -0.2) is 4.98 Å². The number of carbonyl (C=O) groups is 1. The Bertz CT molecular complexity index is 789. The van der Waals surface area contributed by atoms with E-state index in [-0.39, 0.29) is 5.97 Å². The van der Waals surface area contributed by atoms with Gasteiger partial charge in [0.15, 0.2) is 5.58 Å². The number of rotatable bonds is 2. The standard InChI is InChI=1S/C16H13NO3/c1-10-7-8-15-13(9-10)17-16(20-15)12-5-3-4-6-14(12)19-11(2)18/h3-9H,1-2H3. The van der Waals surface area contributed by atoms with Crippen LogP contribution in [-0.2, 0) is 4.79 Å². The molecule has 0 N–H and O–H groups in total. The van der Waals surface area contributed by atoms with E-state index < -0.39 is 0 Å². The van der Waals surface area contributed by atoms with Gasteiger partial charge in [0.2, 0.25) is 5.89 Å². The quantitative estimate of drug-likeness (QED) is 0.524. The molecule has 0 spiro atoms. The van der Waals surface area contributed by atoms with Crippen molar-refractivity contribution in [2.45, 2.75) is 13.8 Å². The number of hydrogen-bond donors (Lipinski definition) is 0. The fourth-order valence-corrected chi connectivity index (χ4v) is 2.04. The lowest BCUT2D eigenvalue weighted by molar-refractivity contribution is -0.131. The van der Waals surface area contributed by atoms with Crippen molar-refractivity contribution in [3.63, 3.8) is 0 Å². The third kappa shape index (κ3) is 2.28. The minimum absolute atomic E-state index is 0.371. The topological polar surface area (TPSA) is 52.3 Å². The van der Waals surface area contributed by atoms with E-state index in [0.29, 0.717) is 22.8 Å². The van der Waals surface area contributed by atoms with Crippen LogP contribution in [0.2, 0.25) is 0 Å². The second-order valence-corrected chi connectivity index (χ2v) is 4.58. The summed E-state index contributed by atoms with van der Waals surface area (Å²) in [5.74, 6) is 0.523. The summed E-state index contributed by atoms with van der Waals surface area (Å²) in [6.07, 6.45) is 0. The molecule has 0 aliphatic carbocycles. The fraction of sp³-hybridized carbons (Fsp3) is 0.125. The van der Waals surface area contributed by atoms with Crippen molar-refractivity contribution in [2.24, 2.45) is 0 Å². The maximum Gasteiger partial charge on any atom is 0.308 e. The molecule has 0 bridgehead atoms. The van der Waals surface area contributed by atoms with Crippen molar-refractivity contribution in [1.82, 2.24) is 4.98 Å². The first kappa shape index (κ1) is 12.4. The van der Waals surface area contributed by atoms with Gasteiger partial charge in [-0.3, -0.25) is 4.79 Å². The molecule has 1 aromatic heterocycles. The monoisotopic (exact) mass is 267 g/mol. The number of aryl methyl sites for hydroxylation is 1. The number of para-hydroxylation sites is 1. The number of esters is 1. The van der Waals surface area contributed by atoms with Crippen LogP contribution in [0.4, 0.5) is 0 Å². The molecular formula is C16H13NO3. The van der Waals surface area contributed by atoms with Crippen LogP contribution in [0.3, 0.4) is 0 Å². The van der Waals surface area contributed by atoms with Crippen LogP contribution < -0.4 is 4.74 Å². The number of fused-ring (bicyclic) bond motifs is 1. The summed E-state index contributed by atoms with van der Waals surface area (Å²) < 4.78 is 10.9. The minimum Gasteiger partial charge on any atom is -0.436 e. The molecule has 100 valence electrons. The van der Waals surface area contributed by atoms with Gasteiger partial charge in [-0.2, -0.15) is 0 Å². The zero-order valence-electron chi connectivity index (χ0n) is 11.2. The Morgan fingerprint density at radius 3 is 2.80 bits per heavy atom. The SMILES string of the molecule is CC(=O)Oc1ccccc1-c1nc2cc(C)ccc2o1. The van der Waals surface area contributed by atoms with Crippen molar-refractivity contribution in [2.75, 3.05) is 0 Å². The van der Waals surface area contributed by atoms with E-state index in [2.05, 4.69) is 4.98 Å². The van der Waals surface area contributed by atoms with E-state index >= 15 is 0 Å². The van der Waals surface area contributed by atoms with Gasteiger partial charge in [0.1, 0.15) is 11.3 Å². The van der Waals surface area contributed by atoms with Crippen LogP contribution in [0.25, 0.3) is 22.6 Å². The summed E-state index contributed by atoms with van der Waals surface area (Å²) in [7, 11) is 0. The third-order valence-electron chi connectivity index (χ3n) is 2.91. The lowest BCUT2D eigenvalue weighted by Gasteiger charge is -2.04.